The van der Waals surface area contributed by atoms with Crippen molar-refractivity contribution in [3.05, 3.63) is 188 Å². The lowest BCUT2D eigenvalue weighted by atomic mass is 9.96. The highest BCUT2D eigenvalue weighted by molar-refractivity contribution is 6.23. The summed E-state index contributed by atoms with van der Waals surface area (Å²) in [5.74, 6) is 0.629. The molecule has 0 bridgehead atoms. The maximum Gasteiger partial charge on any atom is 0.235 e. The second kappa shape index (κ2) is 13.6. The Labute approximate surface area is 335 Å². The molecule has 3 aromatic heterocycles. The van der Waals surface area contributed by atoms with Gasteiger partial charge in [-0.15, -0.1) is 0 Å². The molecule has 274 valence electrons. The zero-order valence-electron chi connectivity index (χ0n) is 32.1. The number of rotatable bonds is 4. The van der Waals surface area contributed by atoms with Crippen molar-refractivity contribution in [2.75, 3.05) is 0 Å². The van der Waals surface area contributed by atoms with Crippen molar-refractivity contribution in [3.63, 3.8) is 0 Å². The molecule has 0 atom stereocenters. The first-order valence-electron chi connectivity index (χ1n) is 20.0. The van der Waals surface area contributed by atoms with Gasteiger partial charge in [0.25, 0.3) is 0 Å². The number of furan rings is 1. The molecule has 0 aliphatic rings. The molecule has 0 amide bonds. The van der Waals surface area contributed by atoms with E-state index >= 15 is 0 Å². The molecule has 0 radical (unpaired) electrons. The Morgan fingerprint density at radius 2 is 1.02 bits per heavy atom. The Morgan fingerprint density at radius 3 is 1.86 bits per heavy atom. The van der Waals surface area contributed by atoms with E-state index in [4.69, 9.17) is 14.4 Å². The first-order chi connectivity index (χ1) is 28.8. The highest BCUT2D eigenvalue weighted by Crippen LogP contribution is 2.43. The average Bonchev–Trinajstić information content (AvgIpc) is 3.85. The number of hydrogen-bond donors (Lipinski definition) is 0. The first kappa shape index (κ1) is 33.8. The van der Waals surface area contributed by atoms with Crippen molar-refractivity contribution >= 4 is 76.2 Å². The lowest BCUT2D eigenvalue weighted by Crippen LogP contribution is -2.04. The van der Waals surface area contributed by atoms with Gasteiger partial charge in [-0.1, -0.05) is 172 Å². The SMILES string of the molecule is CC.c1ccc2c(-c3ccc(-c4nc(-n5c6ccc7ccccc7c6c6cccc(-c7ccc8c(c7)oc7ccccc78)c65)nc5ccccc45)cc3)cccc2c1. The van der Waals surface area contributed by atoms with Gasteiger partial charge < -0.3 is 4.42 Å². The molecule has 58 heavy (non-hydrogen) atoms. The third kappa shape index (κ3) is 5.23. The van der Waals surface area contributed by atoms with E-state index in [2.05, 4.69) is 180 Å². The lowest BCUT2D eigenvalue weighted by Gasteiger charge is -2.14. The molecule has 12 rings (SSSR count). The minimum Gasteiger partial charge on any atom is -0.456 e. The van der Waals surface area contributed by atoms with Gasteiger partial charge in [0.05, 0.1) is 22.2 Å². The minimum absolute atomic E-state index is 0.629. The van der Waals surface area contributed by atoms with Crippen LogP contribution < -0.4 is 0 Å². The summed E-state index contributed by atoms with van der Waals surface area (Å²) in [6.45, 7) is 4.00. The Morgan fingerprint density at radius 1 is 0.414 bits per heavy atom. The van der Waals surface area contributed by atoms with Crippen molar-refractivity contribution in [3.8, 4) is 39.5 Å². The summed E-state index contributed by atoms with van der Waals surface area (Å²) in [4.78, 5) is 10.8. The van der Waals surface area contributed by atoms with Crippen LogP contribution in [0.25, 0.3) is 116 Å². The second-order valence-electron chi connectivity index (χ2n) is 14.5. The maximum absolute atomic E-state index is 6.40. The highest BCUT2D eigenvalue weighted by atomic mass is 16.3. The summed E-state index contributed by atoms with van der Waals surface area (Å²) in [6.07, 6.45) is 0. The molecule has 0 spiro atoms. The molecule has 12 aromatic rings. The van der Waals surface area contributed by atoms with Crippen molar-refractivity contribution in [1.82, 2.24) is 14.5 Å². The molecule has 4 nitrogen and oxygen atoms in total. The van der Waals surface area contributed by atoms with Crippen LogP contribution in [0.15, 0.2) is 192 Å². The van der Waals surface area contributed by atoms with Crippen LogP contribution in [0.4, 0.5) is 0 Å². The summed E-state index contributed by atoms with van der Waals surface area (Å²) < 4.78 is 8.67. The molecule has 0 aliphatic carbocycles. The van der Waals surface area contributed by atoms with Gasteiger partial charge in [-0.2, -0.15) is 0 Å². The van der Waals surface area contributed by atoms with E-state index in [1.807, 2.05) is 26.0 Å². The molecular formula is C54H37N3O. The van der Waals surface area contributed by atoms with Gasteiger partial charge in [-0.05, 0) is 68.6 Å². The quantitative estimate of drug-likeness (QED) is 0.180. The molecule has 0 saturated heterocycles. The van der Waals surface area contributed by atoms with Crippen LogP contribution in [0.5, 0.6) is 0 Å². The van der Waals surface area contributed by atoms with E-state index in [-0.39, 0.29) is 0 Å². The highest BCUT2D eigenvalue weighted by Gasteiger charge is 2.22. The largest absolute Gasteiger partial charge is 0.456 e. The Balaban J connectivity index is 0.00000190. The molecular weight excluding hydrogens is 707 g/mol. The maximum atomic E-state index is 6.40. The van der Waals surface area contributed by atoms with E-state index in [1.54, 1.807) is 0 Å². The summed E-state index contributed by atoms with van der Waals surface area (Å²) in [5, 5.41) is 10.4. The predicted octanol–water partition coefficient (Wildman–Crippen LogP) is 15.0. The summed E-state index contributed by atoms with van der Waals surface area (Å²) in [6, 6.07) is 66.7. The molecule has 0 unspecified atom stereocenters. The topological polar surface area (TPSA) is 43.9 Å². The zero-order valence-corrected chi connectivity index (χ0v) is 32.1. The van der Waals surface area contributed by atoms with E-state index in [0.29, 0.717) is 5.95 Å². The Bertz CT molecular complexity index is 3530. The molecule has 9 aromatic carbocycles. The van der Waals surface area contributed by atoms with Crippen LogP contribution in [0.3, 0.4) is 0 Å². The van der Waals surface area contributed by atoms with E-state index in [9.17, 15) is 0 Å². The van der Waals surface area contributed by atoms with Crippen molar-refractivity contribution in [1.29, 1.82) is 0 Å². The Hall–Kier alpha value is -7.56. The van der Waals surface area contributed by atoms with Gasteiger partial charge in [0, 0.05) is 38.1 Å². The molecule has 0 aliphatic heterocycles. The van der Waals surface area contributed by atoms with Gasteiger partial charge in [0.1, 0.15) is 11.2 Å². The molecule has 4 heteroatoms. The smallest absolute Gasteiger partial charge is 0.235 e. The van der Waals surface area contributed by atoms with Gasteiger partial charge in [-0.25, -0.2) is 9.97 Å². The number of para-hydroxylation sites is 3. The van der Waals surface area contributed by atoms with Gasteiger partial charge in [-0.3, -0.25) is 4.57 Å². The third-order valence-corrected chi connectivity index (χ3v) is 11.4. The number of benzene rings is 9. The van der Waals surface area contributed by atoms with E-state index in [1.165, 1.54) is 38.1 Å². The van der Waals surface area contributed by atoms with Crippen LogP contribution in [0.1, 0.15) is 13.8 Å². The van der Waals surface area contributed by atoms with Crippen molar-refractivity contribution in [2.45, 2.75) is 13.8 Å². The first-order valence-corrected chi connectivity index (χ1v) is 20.0. The lowest BCUT2D eigenvalue weighted by molar-refractivity contribution is 0.669. The van der Waals surface area contributed by atoms with Gasteiger partial charge in [0.2, 0.25) is 5.95 Å². The molecule has 0 saturated carbocycles. The summed E-state index contributed by atoms with van der Waals surface area (Å²) in [7, 11) is 0. The average molecular weight is 744 g/mol. The fraction of sp³-hybridized carbons (Fsp3) is 0.0370. The van der Waals surface area contributed by atoms with E-state index < -0.39 is 0 Å². The van der Waals surface area contributed by atoms with Crippen LogP contribution >= 0.6 is 0 Å². The monoisotopic (exact) mass is 743 g/mol. The normalized spacial score (nSPS) is 11.6. The minimum atomic E-state index is 0.629. The number of hydrogen-bond acceptors (Lipinski definition) is 3. The molecule has 0 N–H and O–H groups in total. The summed E-state index contributed by atoms with van der Waals surface area (Å²) in [5.41, 5.74) is 11.2. The number of aromatic nitrogens is 3. The second-order valence-corrected chi connectivity index (χ2v) is 14.5. The van der Waals surface area contributed by atoms with Crippen molar-refractivity contribution in [2.24, 2.45) is 0 Å². The Kier molecular flexibility index (Phi) is 7.90. The van der Waals surface area contributed by atoms with Crippen LogP contribution in [0, 0.1) is 0 Å². The number of fused-ring (bicyclic) bond motifs is 10. The van der Waals surface area contributed by atoms with E-state index in [0.717, 1.165) is 71.6 Å². The third-order valence-electron chi connectivity index (χ3n) is 11.4. The molecule has 3 heterocycles. The van der Waals surface area contributed by atoms with Crippen LogP contribution in [0.2, 0.25) is 0 Å². The fourth-order valence-corrected chi connectivity index (χ4v) is 8.84. The van der Waals surface area contributed by atoms with Crippen molar-refractivity contribution < 1.29 is 4.42 Å². The molecule has 0 fully saturated rings. The summed E-state index contributed by atoms with van der Waals surface area (Å²) >= 11 is 0. The standard InChI is InChI=1S/C52H31N3O.C2H6/c1-3-14-37-32(11-1)13-9-18-38(37)34-23-25-35(26-24-34)50-43-17-5-7-21-45(43)53-52(54-50)55-46-30-28-33-12-2-4-15-39(33)49(46)44-20-10-19-40(51(44)55)36-27-29-42-41-16-6-8-22-47(41)56-48(42)31-36;1-2/h1-31H;1-2H3. The van der Waals surface area contributed by atoms with Gasteiger partial charge >= 0.3 is 0 Å². The predicted molar refractivity (Wildman–Crippen MR) is 244 cm³/mol. The fourth-order valence-electron chi connectivity index (χ4n) is 8.84. The zero-order chi connectivity index (χ0) is 38.7. The van der Waals surface area contributed by atoms with Crippen LogP contribution in [-0.2, 0) is 0 Å². The van der Waals surface area contributed by atoms with Gasteiger partial charge in [0.15, 0.2) is 0 Å². The number of nitrogens with zero attached hydrogens (tertiary/aromatic N) is 3. The van der Waals surface area contributed by atoms with Crippen LogP contribution in [-0.4, -0.2) is 14.5 Å².